The van der Waals surface area contributed by atoms with Crippen molar-refractivity contribution in [2.45, 2.75) is 58.3 Å². The number of nitrogens with zero attached hydrogens (tertiary/aromatic N) is 1. The second kappa shape index (κ2) is 12.3. The van der Waals surface area contributed by atoms with Gasteiger partial charge in [-0.15, -0.1) is 0 Å². The van der Waals surface area contributed by atoms with E-state index in [1.54, 1.807) is 39.0 Å². The number of halogens is 2. The number of ether oxygens (including phenoxy) is 2. The van der Waals surface area contributed by atoms with E-state index in [0.717, 1.165) is 11.1 Å². The Balaban J connectivity index is 1.74. The number of ketones is 1. The van der Waals surface area contributed by atoms with Gasteiger partial charge in [-0.2, -0.15) is 0 Å². The molecule has 1 amide bonds. The molecule has 1 aliphatic heterocycles. The molecular weight excluding hydrogens is 547 g/mol. The summed E-state index contributed by atoms with van der Waals surface area (Å²) in [4.78, 5) is 51.3. The minimum Gasteiger partial charge on any atom is -0.627 e. The molecule has 11 heteroatoms. The van der Waals surface area contributed by atoms with Crippen LogP contribution in [0.2, 0.25) is 10.0 Å². The number of fused-ring (bicyclic) bond motifs is 1. The van der Waals surface area contributed by atoms with Crippen molar-refractivity contribution >= 4 is 52.9 Å². The molecule has 1 heterocycles. The Labute approximate surface area is 236 Å². The SMILES string of the molecule is CC(C(=O)NC(CC(=O)OC(C)(C)C)C(=O)COC(=O)c1c(Cl)cccc1Cl)[N+]1([O-])C=Cc2ccccc2C1. The number of hydroxylamine groups is 3. The lowest BCUT2D eigenvalue weighted by Crippen LogP contribution is -2.56. The summed E-state index contributed by atoms with van der Waals surface area (Å²) in [6.07, 6.45) is 2.50. The van der Waals surface area contributed by atoms with Crippen LogP contribution in [-0.4, -0.2) is 52.6 Å². The molecule has 0 bridgehead atoms. The standard InChI is InChI=1S/C28H30Cl2N2O7/c1-17(32(37)13-12-18-8-5-6-9-19(18)15-32)26(35)31-22(14-24(34)39-28(2,3)4)23(33)16-38-27(36)25-20(29)10-7-11-21(25)30/h5-13,17,22H,14-16H2,1-4H3,(H,31,35). The maximum Gasteiger partial charge on any atom is 0.341 e. The van der Waals surface area contributed by atoms with Crippen molar-refractivity contribution in [3.05, 3.63) is 80.6 Å². The molecule has 0 fully saturated rings. The van der Waals surface area contributed by atoms with E-state index in [0.29, 0.717) is 0 Å². The number of esters is 2. The molecule has 2 aromatic carbocycles. The van der Waals surface area contributed by atoms with Crippen molar-refractivity contribution in [3.63, 3.8) is 0 Å². The number of nitrogens with one attached hydrogen (secondary N) is 1. The van der Waals surface area contributed by atoms with Crippen LogP contribution in [0.15, 0.2) is 48.7 Å². The zero-order valence-corrected chi connectivity index (χ0v) is 23.5. The zero-order valence-electron chi connectivity index (χ0n) is 22.0. The Morgan fingerprint density at radius 1 is 1.05 bits per heavy atom. The summed E-state index contributed by atoms with van der Waals surface area (Å²) in [6, 6.07) is 9.17. The fourth-order valence-corrected chi connectivity index (χ4v) is 4.47. The molecule has 1 aliphatic rings. The van der Waals surface area contributed by atoms with Crippen LogP contribution in [0.3, 0.4) is 0 Å². The van der Waals surface area contributed by atoms with Gasteiger partial charge in [-0.1, -0.05) is 53.5 Å². The molecule has 0 aromatic heterocycles. The van der Waals surface area contributed by atoms with Gasteiger partial charge in [0.2, 0.25) is 0 Å². The molecule has 2 aromatic rings. The van der Waals surface area contributed by atoms with Crippen molar-refractivity contribution in [3.8, 4) is 0 Å². The van der Waals surface area contributed by atoms with Crippen LogP contribution in [0.4, 0.5) is 0 Å². The Hall–Kier alpha value is -3.24. The first kappa shape index (κ1) is 30.3. The maximum atomic E-state index is 13.5. The minimum absolute atomic E-state index is 0.0160. The first-order chi connectivity index (χ1) is 18.2. The number of carbonyl (C=O) groups is 4. The van der Waals surface area contributed by atoms with Gasteiger partial charge in [-0.3, -0.25) is 14.4 Å². The van der Waals surface area contributed by atoms with Crippen LogP contribution in [0.25, 0.3) is 6.08 Å². The third-order valence-electron chi connectivity index (χ3n) is 6.02. The predicted molar refractivity (Wildman–Crippen MR) is 146 cm³/mol. The van der Waals surface area contributed by atoms with Gasteiger partial charge in [0.15, 0.2) is 18.4 Å². The third kappa shape index (κ3) is 7.89. The van der Waals surface area contributed by atoms with Gasteiger partial charge in [-0.25, -0.2) is 4.79 Å². The molecule has 0 saturated carbocycles. The first-order valence-corrected chi connectivity index (χ1v) is 13.0. The first-order valence-electron chi connectivity index (χ1n) is 12.2. The van der Waals surface area contributed by atoms with Crippen LogP contribution in [-0.2, 0) is 30.4 Å². The molecule has 9 nitrogen and oxygen atoms in total. The van der Waals surface area contributed by atoms with Gasteiger partial charge in [0.05, 0.1) is 28.2 Å². The number of benzene rings is 2. The van der Waals surface area contributed by atoms with E-state index in [2.05, 4.69) is 5.32 Å². The van der Waals surface area contributed by atoms with Crippen LogP contribution in [0, 0.1) is 5.21 Å². The molecule has 1 N–H and O–H groups in total. The average molecular weight is 577 g/mol. The van der Waals surface area contributed by atoms with E-state index in [1.807, 2.05) is 18.2 Å². The molecule has 0 saturated heterocycles. The van der Waals surface area contributed by atoms with Crippen molar-refractivity contribution in [2.24, 2.45) is 0 Å². The van der Waals surface area contributed by atoms with Gasteiger partial charge in [-0.05, 0) is 51.5 Å². The fourth-order valence-electron chi connectivity index (χ4n) is 3.92. The predicted octanol–water partition coefficient (Wildman–Crippen LogP) is 4.82. The van der Waals surface area contributed by atoms with E-state index in [4.69, 9.17) is 32.7 Å². The number of carbonyl (C=O) groups excluding carboxylic acids is 4. The molecule has 0 radical (unpaired) electrons. The minimum atomic E-state index is -1.42. The summed E-state index contributed by atoms with van der Waals surface area (Å²) in [7, 11) is 0. The highest BCUT2D eigenvalue weighted by atomic mass is 35.5. The number of hydrogen-bond acceptors (Lipinski definition) is 7. The number of amides is 1. The summed E-state index contributed by atoms with van der Waals surface area (Å²) < 4.78 is 9.40. The van der Waals surface area contributed by atoms with Gasteiger partial charge in [0.1, 0.15) is 18.2 Å². The van der Waals surface area contributed by atoms with E-state index in [1.165, 1.54) is 25.3 Å². The van der Waals surface area contributed by atoms with Crippen molar-refractivity contribution in [1.29, 1.82) is 0 Å². The Bertz CT molecular complexity index is 1280. The summed E-state index contributed by atoms with van der Waals surface area (Å²) in [5.41, 5.74) is 0.699. The summed E-state index contributed by atoms with van der Waals surface area (Å²) in [6.45, 7) is 5.64. The molecule has 0 aliphatic carbocycles. The highest BCUT2D eigenvalue weighted by Gasteiger charge is 2.36. The lowest BCUT2D eigenvalue weighted by molar-refractivity contribution is -0.857. The van der Waals surface area contributed by atoms with E-state index < -0.39 is 59.0 Å². The van der Waals surface area contributed by atoms with Gasteiger partial charge < -0.3 is 24.6 Å². The molecule has 39 heavy (non-hydrogen) atoms. The van der Waals surface area contributed by atoms with Gasteiger partial charge >= 0.3 is 11.9 Å². The Morgan fingerprint density at radius 2 is 1.69 bits per heavy atom. The molecule has 3 atom stereocenters. The highest BCUT2D eigenvalue weighted by molar-refractivity contribution is 6.39. The third-order valence-corrected chi connectivity index (χ3v) is 6.65. The van der Waals surface area contributed by atoms with Crippen LogP contribution < -0.4 is 5.32 Å². The zero-order chi connectivity index (χ0) is 29.0. The number of rotatable bonds is 9. The Morgan fingerprint density at radius 3 is 2.33 bits per heavy atom. The van der Waals surface area contributed by atoms with E-state index >= 15 is 0 Å². The summed E-state index contributed by atoms with van der Waals surface area (Å²) in [5, 5.41) is 16.1. The molecule has 208 valence electrons. The van der Waals surface area contributed by atoms with Crippen molar-refractivity contribution in [1.82, 2.24) is 5.32 Å². The average Bonchev–Trinajstić information content (AvgIpc) is 2.85. The van der Waals surface area contributed by atoms with Gasteiger partial charge in [0, 0.05) is 5.56 Å². The molecular formula is C28H30Cl2N2O7. The highest BCUT2D eigenvalue weighted by Crippen LogP contribution is 2.28. The topological polar surface area (TPSA) is 122 Å². The largest absolute Gasteiger partial charge is 0.627 e. The lowest BCUT2D eigenvalue weighted by atomic mass is 10.0. The smallest absolute Gasteiger partial charge is 0.341 e. The quantitative estimate of drug-likeness (QED) is 0.258. The van der Waals surface area contributed by atoms with Crippen LogP contribution in [0.5, 0.6) is 0 Å². The van der Waals surface area contributed by atoms with E-state index in [9.17, 15) is 24.4 Å². The maximum absolute atomic E-state index is 13.5. The van der Waals surface area contributed by atoms with E-state index in [-0.39, 0.29) is 22.2 Å². The number of Topliss-reactive ketones (excluding diaryl/α,β-unsaturated/α-hetero) is 1. The second-order valence-electron chi connectivity index (χ2n) is 10.2. The lowest BCUT2D eigenvalue weighted by Gasteiger charge is -2.45. The summed E-state index contributed by atoms with van der Waals surface area (Å²) >= 11 is 12.1. The van der Waals surface area contributed by atoms with Crippen LogP contribution in [0.1, 0.15) is 55.6 Å². The normalized spacial score (nSPS) is 17.9. The fraction of sp³-hybridized carbons (Fsp3) is 0.357. The number of hydrogen-bond donors (Lipinski definition) is 1. The summed E-state index contributed by atoms with van der Waals surface area (Å²) in [5.74, 6) is -3.24. The Kier molecular flexibility index (Phi) is 9.55. The van der Waals surface area contributed by atoms with Gasteiger partial charge in [0.25, 0.3) is 5.91 Å². The number of quaternary nitrogens is 1. The van der Waals surface area contributed by atoms with Crippen molar-refractivity contribution in [2.75, 3.05) is 6.61 Å². The monoisotopic (exact) mass is 576 g/mol. The second-order valence-corrected chi connectivity index (χ2v) is 11.0. The molecule has 3 rings (SSSR count). The molecule has 3 unspecified atom stereocenters. The van der Waals surface area contributed by atoms with Crippen molar-refractivity contribution < 1.29 is 33.3 Å². The molecule has 0 spiro atoms. The van der Waals surface area contributed by atoms with Crippen LogP contribution >= 0.6 is 23.2 Å².